The number of carbonyl (C=O) groups is 1. The number of hydrogen-bond donors (Lipinski definition) is 1. The van der Waals surface area contributed by atoms with E-state index in [1.165, 1.54) is 12.1 Å². The van der Waals surface area contributed by atoms with Gasteiger partial charge in [0.05, 0.1) is 6.54 Å². The summed E-state index contributed by atoms with van der Waals surface area (Å²) in [6.45, 7) is 4.41. The fourth-order valence-corrected chi connectivity index (χ4v) is 2.28. The Balaban J connectivity index is 2.00. The number of halogens is 1. The van der Waals surface area contributed by atoms with E-state index in [-0.39, 0.29) is 24.5 Å². The first-order chi connectivity index (χ1) is 8.95. The van der Waals surface area contributed by atoms with Gasteiger partial charge < -0.3 is 9.84 Å². The number of hydrogen-bond acceptors (Lipinski definition) is 3. The lowest BCUT2D eigenvalue weighted by Gasteiger charge is -2.27. The van der Waals surface area contributed by atoms with E-state index in [1.807, 2.05) is 18.7 Å². The smallest absolute Gasteiger partial charge is 0.317 e. The number of aliphatic carboxylic acids is 1. The number of ether oxygens (including phenoxy) is 1. The van der Waals surface area contributed by atoms with Crippen LogP contribution in [0.4, 0.5) is 4.39 Å². The van der Waals surface area contributed by atoms with Gasteiger partial charge in [-0.15, -0.1) is 0 Å². The Bertz CT molecular complexity index is 476. The van der Waals surface area contributed by atoms with Crippen molar-refractivity contribution < 1.29 is 19.0 Å². The topological polar surface area (TPSA) is 49.8 Å². The molecule has 1 aliphatic rings. The van der Waals surface area contributed by atoms with E-state index in [1.54, 1.807) is 6.07 Å². The minimum atomic E-state index is -0.852. The molecule has 1 aromatic rings. The molecule has 0 radical (unpaired) electrons. The average Bonchev–Trinajstić information content (AvgIpc) is 2.68. The number of carboxylic acids is 1. The van der Waals surface area contributed by atoms with Crippen LogP contribution in [0, 0.1) is 5.82 Å². The predicted octanol–water partition coefficient (Wildman–Crippen LogP) is 1.92. The van der Waals surface area contributed by atoms with E-state index in [9.17, 15) is 9.18 Å². The summed E-state index contributed by atoms with van der Waals surface area (Å²) in [6.07, 6.45) is 0.509. The molecule has 1 unspecified atom stereocenters. The van der Waals surface area contributed by atoms with Gasteiger partial charge in [-0.1, -0.05) is 0 Å². The molecule has 0 spiro atoms. The molecule has 0 aromatic heterocycles. The molecular formula is C14H18FNO3. The highest BCUT2D eigenvalue weighted by atomic mass is 19.1. The third-order valence-electron chi connectivity index (χ3n) is 3.27. The molecule has 0 amide bonds. The van der Waals surface area contributed by atoms with Gasteiger partial charge in [-0.25, -0.2) is 4.39 Å². The zero-order valence-electron chi connectivity index (χ0n) is 11.1. The van der Waals surface area contributed by atoms with E-state index in [0.717, 1.165) is 5.56 Å². The molecule has 1 atom stereocenters. The monoisotopic (exact) mass is 267 g/mol. The van der Waals surface area contributed by atoms with Crippen LogP contribution in [0.3, 0.4) is 0 Å². The molecule has 0 saturated heterocycles. The number of carboxylic acid groups (broad SMARTS) is 1. The Morgan fingerprint density at radius 1 is 1.58 bits per heavy atom. The summed E-state index contributed by atoms with van der Waals surface area (Å²) in [5.41, 5.74) is 0.851. The van der Waals surface area contributed by atoms with Crippen molar-refractivity contribution in [3.8, 4) is 5.75 Å². The molecule has 1 aliphatic heterocycles. The second-order valence-corrected chi connectivity index (χ2v) is 5.11. The molecular weight excluding hydrogens is 249 g/mol. The number of rotatable bonds is 5. The van der Waals surface area contributed by atoms with Gasteiger partial charge in [0.15, 0.2) is 0 Å². The molecule has 0 aliphatic carbocycles. The zero-order valence-corrected chi connectivity index (χ0v) is 11.1. The molecule has 4 nitrogen and oxygen atoms in total. The molecule has 0 saturated carbocycles. The van der Waals surface area contributed by atoms with Gasteiger partial charge in [-0.2, -0.15) is 0 Å². The van der Waals surface area contributed by atoms with Gasteiger partial charge in [0.1, 0.15) is 17.7 Å². The third kappa shape index (κ3) is 3.44. The molecule has 2 rings (SSSR count). The lowest BCUT2D eigenvalue weighted by molar-refractivity contribution is -0.139. The van der Waals surface area contributed by atoms with Gasteiger partial charge in [-0.3, -0.25) is 9.69 Å². The Morgan fingerprint density at radius 3 is 2.95 bits per heavy atom. The summed E-state index contributed by atoms with van der Waals surface area (Å²) in [5, 5.41) is 8.88. The van der Waals surface area contributed by atoms with E-state index in [2.05, 4.69) is 0 Å². The molecule has 0 fully saturated rings. The molecule has 1 heterocycles. The maximum Gasteiger partial charge on any atom is 0.317 e. The average molecular weight is 267 g/mol. The van der Waals surface area contributed by atoms with Crippen LogP contribution in [-0.2, 0) is 11.2 Å². The highest BCUT2D eigenvalue weighted by molar-refractivity contribution is 5.69. The first-order valence-corrected chi connectivity index (χ1v) is 6.36. The number of fused-ring (bicyclic) bond motifs is 1. The van der Waals surface area contributed by atoms with Crippen molar-refractivity contribution in [3.05, 3.63) is 29.6 Å². The lowest BCUT2D eigenvalue weighted by Crippen LogP contribution is -2.42. The van der Waals surface area contributed by atoms with Gasteiger partial charge in [0, 0.05) is 24.6 Å². The highest BCUT2D eigenvalue weighted by Gasteiger charge is 2.27. The van der Waals surface area contributed by atoms with Crippen LogP contribution in [0.1, 0.15) is 19.4 Å². The first-order valence-electron chi connectivity index (χ1n) is 6.36. The van der Waals surface area contributed by atoms with Crippen LogP contribution < -0.4 is 4.74 Å². The van der Waals surface area contributed by atoms with Crippen molar-refractivity contribution in [1.82, 2.24) is 4.90 Å². The Hall–Kier alpha value is -1.62. The number of benzene rings is 1. The number of nitrogens with zero attached hydrogens (tertiary/aromatic N) is 1. The van der Waals surface area contributed by atoms with Gasteiger partial charge in [0.2, 0.25) is 0 Å². The Morgan fingerprint density at radius 2 is 2.32 bits per heavy atom. The van der Waals surface area contributed by atoms with Gasteiger partial charge in [0.25, 0.3) is 0 Å². The van der Waals surface area contributed by atoms with Crippen molar-refractivity contribution in [2.45, 2.75) is 32.4 Å². The highest BCUT2D eigenvalue weighted by Crippen LogP contribution is 2.29. The summed E-state index contributed by atoms with van der Waals surface area (Å²) in [4.78, 5) is 12.7. The van der Waals surface area contributed by atoms with Crippen LogP contribution in [-0.4, -0.2) is 41.2 Å². The quantitative estimate of drug-likeness (QED) is 0.885. The van der Waals surface area contributed by atoms with Crippen molar-refractivity contribution in [2.75, 3.05) is 13.1 Å². The molecule has 5 heteroatoms. The maximum atomic E-state index is 13.1. The van der Waals surface area contributed by atoms with Crippen LogP contribution >= 0.6 is 0 Å². The summed E-state index contributed by atoms with van der Waals surface area (Å²) in [6, 6.07) is 4.60. The molecule has 19 heavy (non-hydrogen) atoms. The van der Waals surface area contributed by atoms with Crippen LogP contribution in [0.5, 0.6) is 5.75 Å². The Labute approximate surface area is 111 Å². The van der Waals surface area contributed by atoms with Gasteiger partial charge >= 0.3 is 5.97 Å². The van der Waals surface area contributed by atoms with Crippen molar-refractivity contribution in [1.29, 1.82) is 0 Å². The SMILES string of the molecule is CC(C)N(CC(=O)O)CC1Cc2cc(F)ccc2O1. The predicted molar refractivity (Wildman–Crippen MR) is 68.9 cm³/mol. The van der Waals surface area contributed by atoms with Crippen LogP contribution in [0.15, 0.2) is 18.2 Å². The fourth-order valence-electron chi connectivity index (χ4n) is 2.28. The summed E-state index contributed by atoms with van der Waals surface area (Å²) >= 11 is 0. The minimum absolute atomic E-state index is 0.0117. The zero-order chi connectivity index (χ0) is 14.0. The lowest BCUT2D eigenvalue weighted by atomic mass is 10.1. The summed E-state index contributed by atoms with van der Waals surface area (Å²) in [5.74, 6) is -0.421. The normalized spacial score (nSPS) is 17.6. The summed E-state index contributed by atoms with van der Waals surface area (Å²) in [7, 11) is 0. The standard InChI is InChI=1S/C14H18FNO3/c1-9(2)16(8-14(17)18)7-12-6-10-5-11(15)3-4-13(10)19-12/h3-5,9,12H,6-8H2,1-2H3,(H,17,18). The minimum Gasteiger partial charge on any atom is -0.488 e. The summed E-state index contributed by atoms with van der Waals surface area (Å²) < 4.78 is 18.8. The van der Waals surface area contributed by atoms with Crippen LogP contribution in [0.2, 0.25) is 0 Å². The first kappa shape index (κ1) is 13.8. The van der Waals surface area contributed by atoms with Gasteiger partial charge in [-0.05, 0) is 32.0 Å². The molecule has 1 aromatic carbocycles. The Kier molecular flexibility index (Phi) is 4.04. The molecule has 104 valence electrons. The van der Waals surface area contributed by atoms with E-state index in [4.69, 9.17) is 9.84 Å². The van der Waals surface area contributed by atoms with Crippen LogP contribution in [0.25, 0.3) is 0 Å². The fraction of sp³-hybridized carbons (Fsp3) is 0.500. The molecule has 0 bridgehead atoms. The van der Waals surface area contributed by atoms with E-state index >= 15 is 0 Å². The largest absolute Gasteiger partial charge is 0.488 e. The van der Waals surface area contributed by atoms with E-state index < -0.39 is 5.97 Å². The van der Waals surface area contributed by atoms with Crippen molar-refractivity contribution >= 4 is 5.97 Å². The van der Waals surface area contributed by atoms with Crippen molar-refractivity contribution in [2.24, 2.45) is 0 Å². The second-order valence-electron chi connectivity index (χ2n) is 5.11. The maximum absolute atomic E-state index is 13.1. The second kappa shape index (κ2) is 5.57. The third-order valence-corrected chi connectivity index (χ3v) is 3.27. The van der Waals surface area contributed by atoms with E-state index in [0.29, 0.717) is 18.7 Å². The van der Waals surface area contributed by atoms with Crippen molar-refractivity contribution in [3.63, 3.8) is 0 Å². The molecule has 1 N–H and O–H groups in total.